The first-order valence-corrected chi connectivity index (χ1v) is 9.95. The predicted octanol–water partition coefficient (Wildman–Crippen LogP) is 3.22. The summed E-state index contributed by atoms with van der Waals surface area (Å²) in [6.07, 6.45) is 7.12. The summed E-state index contributed by atoms with van der Waals surface area (Å²) in [6, 6.07) is 5.53. The fourth-order valence-electron chi connectivity index (χ4n) is 3.45. The van der Waals surface area contributed by atoms with Crippen LogP contribution >= 0.6 is 0 Å². The Kier molecular flexibility index (Phi) is 4.08. The molecule has 0 aromatic carbocycles. The number of carbonyl (C=O) groups excluding carboxylic acids is 1. The number of hydrogen-bond donors (Lipinski definition) is 2. The zero-order chi connectivity index (χ0) is 21.0. The third-order valence-electron chi connectivity index (χ3n) is 5.45. The summed E-state index contributed by atoms with van der Waals surface area (Å²) < 4.78 is 1.66. The molecule has 5 rings (SSSR count). The SMILES string of the molecule is Cc1ncc(-c2nc3ccc(C(C)(C)O)cn3n2)c2cc(NC(=O)C3CC3)ncc12. The molecule has 0 spiro atoms. The number of aromatic nitrogens is 5. The summed E-state index contributed by atoms with van der Waals surface area (Å²) in [4.78, 5) is 25.7. The predicted molar refractivity (Wildman–Crippen MR) is 113 cm³/mol. The number of fused-ring (bicyclic) bond motifs is 2. The first-order chi connectivity index (χ1) is 14.3. The Morgan fingerprint density at radius 3 is 2.73 bits per heavy atom. The maximum Gasteiger partial charge on any atom is 0.228 e. The largest absolute Gasteiger partial charge is 0.386 e. The van der Waals surface area contributed by atoms with Gasteiger partial charge in [0, 0.05) is 52.1 Å². The normalized spacial score (nSPS) is 14.4. The van der Waals surface area contributed by atoms with Crippen molar-refractivity contribution in [2.45, 2.75) is 39.2 Å². The lowest BCUT2D eigenvalue weighted by Gasteiger charge is -2.16. The zero-order valence-electron chi connectivity index (χ0n) is 17.0. The summed E-state index contributed by atoms with van der Waals surface area (Å²) in [5.41, 5.74) is 2.04. The maximum absolute atomic E-state index is 12.2. The third-order valence-corrected chi connectivity index (χ3v) is 5.45. The molecule has 0 saturated heterocycles. The fraction of sp³-hybridized carbons (Fsp3) is 0.318. The summed E-state index contributed by atoms with van der Waals surface area (Å²) >= 11 is 0. The van der Waals surface area contributed by atoms with Gasteiger partial charge in [-0.2, -0.15) is 0 Å². The summed E-state index contributed by atoms with van der Waals surface area (Å²) in [5, 5.41) is 19.5. The fourth-order valence-corrected chi connectivity index (χ4v) is 3.45. The highest BCUT2D eigenvalue weighted by Gasteiger charge is 2.30. The quantitative estimate of drug-likeness (QED) is 0.543. The number of nitrogens with one attached hydrogen (secondary N) is 1. The van der Waals surface area contributed by atoms with Crippen molar-refractivity contribution in [3.8, 4) is 11.4 Å². The van der Waals surface area contributed by atoms with Crippen molar-refractivity contribution in [3.63, 3.8) is 0 Å². The van der Waals surface area contributed by atoms with Crippen LogP contribution in [0, 0.1) is 12.8 Å². The van der Waals surface area contributed by atoms with Crippen LogP contribution in [-0.4, -0.2) is 35.6 Å². The lowest BCUT2D eigenvalue weighted by molar-refractivity contribution is -0.117. The van der Waals surface area contributed by atoms with Crippen molar-refractivity contribution in [1.29, 1.82) is 0 Å². The van der Waals surface area contributed by atoms with Gasteiger partial charge in [-0.3, -0.25) is 9.78 Å². The molecule has 0 radical (unpaired) electrons. The van der Waals surface area contributed by atoms with Crippen molar-refractivity contribution >= 4 is 28.1 Å². The highest BCUT2D eigenvalue weighted by molar-refractivity contribution is 5.99. The van der Waals surface area contributed by atoms with E-state index in [2.05, 4.69) is 25.4 Å². The molecular formula is C22H22N6O2. The van der Waals surface area contributed by atoms with Gasteiger partial charge >= 0.3 is 0 Å². The second kappa shape index (κ2) is 6.56. The van der Waals surface area contributed by atoms with Crippen LogP contribution in [0.2, 0.25) is 0 Å². The number of nitrogens with zero attached hydrogens (tertiary/aromatic N) is 5. The van der Waals surface area contributed by atoms with Crippen molar-refractivity contribution < 1.29 is 9.90 Å². The monoisotopic (exact) mass is 402 g/mol. The lowest BCUT2D eigenvalue weighted by atomic mass is 10.0. The van der Waals surface area contributed by atoms with E-state index in [1.165, 1.54) is 0 Å². The van der Waals surface area contributed by atoms with Crippen LogP contribution in [0.3, 0.4) is 0 Å². The molecule has 4 aromatic rings. The van der Waals surface area contributed by atoms with E-state index < -0.39 is 5.60 Å². The minimum Gasteiger partial charge on any atom is -0.386 e. The standard InChI is InChI=1S/C22H22N6O2/c1-12-16-9-24-18(25-21(29)13-4-5-13)8-15(16)17(10-23-12)20-26-19-7-6-14(22(2,3)30)11-28(19)27-20/h6-11,13,30H,4-5H2,1-3H3,(H,24,25,29). The highest BCUT2D eigenvalue weighted by Crippen LogP contribution is 2.32. The molecular weight excluding hydrogens is 380 g/mol. The van der Waals surface area contributed by atoms with Gasteiger partial charge in [0.25, 0.3) is 0 Å². The Labute approximate surface area is 173 Å². The molecule has 1 saturated carbocycles. The number of aliphatic hydroxyl groups is 1. The Balaban J connectivity index is 1.62. The molecule has 0 bridgehead atoms. The Morgan fingerprint density at radius 1 is 1.20 bits per heavy atom. The molecule has 4 aromatic heterocycles. The molecule has 1 amide bonds. The van der Waals surface area contributed by atoms with Crippen LogP contribution in [0.1, 0.15) is 37.9 Å². The minimum absolute atomic E-state index is 0.0131. The molecule has 0 unspecified atom stereocenters. The van der Waals surface area contributed by atoms with Gasteiger partial charge in [0.05, 0.1) is 5.60 Å². The molecule has 0 aliphatic heterocycles. The first kappa shape index (κ1) is 18.6. The molecule has 2 N–H and O–H groups in total. The molecule has 4 heterocycles. The topological polar surface area (TPSA) is 105 Å². The van der Waals surface area contributed by atoms with Crippen LogP contribution in [0.15, 0.2) is 36.8 Å². The van der Waals surface area contributed by atoms with Crippen molar-refractivity contribution in [2.24, 2.45) is 5.92 Å². The van der Waals surface area contributed by atoms with E-state index in [0.717, 1.165) is 40.4 Å². The van der Waals surface area contributed by atoms with Gasteiger partial charge in [0.15, 0.2) is 11.5 Å². The number of amides is 1. The molecule has 1 aliphatic rings. The van der Waals surface area contributed by atoms with Crippen LogP contribution in [0.5, 0.6) is 0 Å². The van der Waals surface area contributed by atoms with Crippen LogP contribution in [0.4, 0.5) is 5.82 Å². The number of pyridine rings is 3. The number of carbonyl (C=O) groups is 1. The van der Waals surface area contributed by atoms with Crippen molar-refractivity contribution in [2.75, 3.05) is 5.32 Å². The second-order valence-corrected chi connectivity index (χ2v) is 8.35. The molecule has 1 fully saturated rings. The van der Waals surface area contributed by atoms with E-state index in [1.807, 2.05) is 25.1 Å². The molecule has 8 nitrogen and oxygen atoms in total. The second-order valence-electron chi connectivity index (χ2n) is 8.35. The molecule has 152 valence electrons. The van der Waals surface area contributed by atoms with Gasteiger partial charge in [-0.1, -0.05) is 6.07 Å². The number of aryl methyl sites for hydroxylation is 1. The summed E-state index contributed by atoms with van der Waals surface area (Å²) in [6.45, 7) is 5.38. The average Bonchev–Trinajstić information content (AvgIpc) is 3.46. The van der Waals surface area contributed by atoms with Crippen LogP contribution < -0.4 is 5.32 Å². The Morgan fingerprint density at radius 2 is 2.00 bits per heavy atom. The van der Waals surface area contributed by atoms with E-state index in [4.69, 9.17) is 0 Å². The van der Waals surface area contributed by atoms with E-state index in [1.54, 1.807) is 37.0 Å². The van der Waals surface area contributed by atoms with E-state index in [-0.39, 0.29) is 11.8 Å². The Hall–Kier alpha value is -3.39. The highest BCUT2D eigenvalue weighted by atomic mass is 16.3. The smallest absolute Gasteiger partial charge is 0.228 e. The van der Waals surface area contributed by atoms with Crippen LogP contribution in [0.25, 0.3) is 27.8 Å². The van der Waals surface area contributed by atoms with E-state index >= 15 is 0 Å². The maximum atomic E-state index is 12.2. The van der Waals surface area contributed by atoms with Gasteiger partial charge in [-0.25, -0.2) is 14.5 Å². The van der Waals surface area contributed by atoms with Gasteiger partial charge in [0.1, 0.15) is 5.82 Å². The minimum atomic E-state index is -0.973. The van der Waals surface area contributed by atoms with E-state index in [9.17, 15) is 9.90 Å². The van der Waals surface area contributed by atoms with Gasteiger partial charge < -0.3 is 10.4 Å². The number of anilines is 1. The molecule has 1 aliphatic carbocycles. The van der Waals surface area contributed by atoms with Gasteiger partial charge in [0.2, 0.25) is 5.91 Å². The first-order valence-electron chi connectivity index (χ1n) is 9.95. The van der Waals surface area contributed by atoms with Gasteiger partial charge in [-0.15, -0.1) is 5.10 Å². The molecule has 30 heavy (non-hydrogen) atoms. The third kappa shape index (κ3) is 3.29. The lowest BCUT2D eigenvalue weighted by Crippen LogP contribution is -2.16. The average molecular weight is 402 g/mol. The number of rotatable bonds is 4. The van der Waals surface area contributed by atoms with Gasteiger partial charge in [-0.05, 0) is 45.7 Å². The summed E-state index contributed by atoms with van der Waals surface area (Å²) in [5.74, 6) is 1.15. The van der Waals surface area contributed by atoms with E-state index in [0.29, 0.717) is 17.3 Å². The zero-order valence-corrected chi connectivity index (χ0v) is 17.0. The van der Waals surface area contributed by atoms with Crippen LogP contribution in [-0.2, 0) is 10.4 Å². The number of hydrogen-bond acceptors (Lipinski definition) is 6. The molecule has 8 heteroatoms. The van der Waals surface area contributed by atoms with Crippen molar-refractivity contribution in [1.82, 2.24) is 24.6 Å². The Bertz CT molecular complexity index is 1300. The summed E-state index contributed by atoms with van der Waals surface area (Å²) in [7, 11) is 0. The van der Waals surface area contributed by atoms with Crippen molar-refractivity contribution in [3.05, 3.63) is 48.0 Å². The molecule has 0 atom stereocenters.